The SMILES string of the molecule is CSCC[C@@H](N)CNc1ccnc(-c2cc(Cl)ccc2O)n1. The van der Waals surface area contributed by atoms with Gasteiger partial charge in [-0.1, -0.05) is 11.6 Å². The summed E-state index contributed by atoms with van der Waals surface area (Å²) in [4.78, 5) is 8.58. The van der Waals surface area contributed by atoms with Gasteiger partial charge in [0.1, 0.15) is 11.6 Å². The largest absolute Gasteiger partial charge is 0.507 e. The van der Waals surface area contributed by atoms with Gasteiger partial charge in [-0.05, 0) is 42.7 Å². The van der Waals surface area contributed by atoms with Crippen LogP contribution >= 0.6 is 23.4 Å². The van der Waals surface area contributed by atoms with Gasteiger partial charge >= 0.3 is 0 Å². The fourth-order valence-electron chi connectivity index (χ4n) is 1.88. The summed E-state index contributed by atoms with van der Waals surface area (Å²) in [6.45, 7) is 0.637. The average Bonchev–Trinajstić information content (AvgIpc) is 2.53. The highest BCUT2D eigenvalue weighted by Crippen LogP contribution is 2.29. The molecule has 1 atom stereocenters. The topological polar surface area (TPSA) is 84.1 Å². The second kappa shape index (κ2) is 8.22. The van der Waals surface area contributed by atoms with Crippen LogP contribution in [0.25, 0.3) is 11.4 Å². The van der Waals surface area contributed by atoms with E-state index in [9.17, 15) is 5.11 Å². The van der Waals surface area contributed by atoms with Crippen LogP contribution < -0.4 is 11.1 Å². The number of nitrogens with zero attached hydrogens (tertiary/aromatic N) is 2. The molecule has 2 rings (SSSR count). The predicted octanol–water partition coefficient (Wildman–Crippen LogP) is 2.99. The molecule has 0 bridgehead atoms. The number of nitrogens with two attached hydrogens (primary N) is 1. The molecule has 0 saturated carbocycles. The minimum Gasteiger partial charge on any atom is -0.507 e. The summed E-state index contributed by atoms with van der Waals surface area (Å²) >= 11 is 7.74. The quantitative estimate of drug-likeness (QED) is 0.719. The fraction of sp³-hybridized carbons (Fsp3) is 0.333. The first-order valence-electron chi connectivity index (χ1n) is 6.90. The minimum atomic E-state index is 0.0745. The van der Waals surface area contributed by atoms with Crippen LogP contribution in [0.1, 0.15) is 6.42 Å². The zero-order valence-electron chi connectivity index (χ0n) is 12.3. The van der Waals surface area contributed by atoms with E-state index in [2.05, 4.69) is 21.5 Å². The van der Waals surface area contributed by atoms with Crippen LogP contribution in [0.2, 0.25) is 5.02 Å². The van der Waals surface area contributed by atoms with Crippen molar-refractivity contribution in [3.63, 3.8) is 0 Å². The van der Waals surface area contributed by atoms with Gasteiger partial charge in [-0.25, -0.2) is 9.97 Å². The van der Waals surface area contributed by atoms with Gasteiger partial charge in [0.2, 0.25) is 0 Å². The highest BCUT2D eigenvalue weighted by molar-refractivity contribution is 7.98. The Morgan fingerprint density at radius 2 is 2.23 bits per heavy atom. The zero-order chi connectivity index (χ0) is 15.9. The molecule has 1 aromatic heterocycles. The summed E-state index contributed by atoms with van der Waals surface area (Å²) in [5.74, 6) is 2.22. The van der Waals surface area contributed by atoms with E-state index in [0.717, 1.165) is 12.2 Å². The summed E-state index contributed by atoms with van der Waals surface area (Å²) in [5, 5.41) is 13.6. The lowest BCUT2D eigenvalue weighted by Gasteiger charge is -2.13. The second-order valence-electron chi connectivity index (χ2n) is 4.85. The van der Waals surface area contributed by atoms with Gasteiger partial charge in [0, 0.05) is 23.8 Å². The fourth-order valence-corrected chi connectivity index (χ4v) is 2.59. The molecule has 1 aromatic carbocycles. The number of halogens is 1. The first-order chi connectivity index (χ1) is 10.6. The Kier molecular flexibility index (Phi) is 6.30. The van der Waals surface area contributed by atoms with E-state index in [0.29, 0.717) is 28.8 Å². The van der Waals surface area contributed by atoms with Crippen molar-refractivity contribution in [3.05, 3.63) is 35.5 Å². The predicted molar refractivity (Wildman–Crippen MR) is 93.6 cm³/mol. The molecule has 1 heterocycles. The van der Waals surface area contributed by atoms with Gasteiger partial charge in [0.25, 0.3) is 0 Å². The number of rotatable bonds is 7. The molecule has 0 saturated heterocycles. The Morgan fingerprint density at radius 3 is 3.00 bits per heavy atom. The number of thioether (sulfide) groups is 1. The zero-order valence-corrected chi connectivity index (χ0v) is 13.9. The van der Waals surface area contributed by atoms with E-state index in [1.165, 1.54) is 6.07 Å². The molecular formula is C15H19ClN4OS. The lowest BCUT2D eigenvalue weighted by molar-refractivity contribution is 0.477. The maximum atomic E-state index is 9.91. The molecule has 4 N–H and O–H groups in total. The first kappa shape index (κ1) is 16.9. The lowest BCUT2D eigenvalue weighted by atomic mass is 10.2. The van der Waals surface area contributed by atoms with Gasteiger partial charge in [-0.3, -0.25) is 0 Å². The van der Waals surface area contributed by atoms with Crippen molar-refractivity contribution >= 4 is 29.2 Å². The number of anilines is 1. The molecule has 5 nitrogen and oxygen atoms in total. The molecule has 7 heteroatoms. The summed E-state index contributed by atoms with van der Waals surface area (Å²) in [7, 11) is 0. The molecule has 0 fully saturated rings. The Balaban J connectivity index is 2.08. The normalized spacial score (nSPS) is 12.1. The third kappa shape index (κ3) is 4.76. The minimum absolute atomic E-state index is 0.0745. The molecule has 0 aliphatic rings. The maximum Gasteiger partial charge on any atom is 0.165 e. The number of aromatic nitrogens is 2. The summed E-state index contributed by atoms with van der Waals surface area (Å²) < 4.78 is 0. The van der Waals surface area contributed by atoms with Crippen molar-refractivity contribution in [1.82, 2.24) is 9.97 Å². The van der Waals surface area contributed by atoms with Crippen LogP contribution in [0, 0.1) is 0 Å². The van der Waals surface area contributed by atoms with Crippen LogP contribution in [0.3, 0.4) is 0 Å². The Morgan fingerprint density at radius 1 is 1.41 bits per heavy atom. The van der Waals surface area contributed by atoms with Gasteiger partial charge < -0.3 is 16.2 Å². The molecule has 0 amide bonds. The average molecular weight is 339 g/mol. The maximum absolute atomic E-state index is 9.91. The third-order valence-electron chi connectivity index (χ3n) is 3.09. The van der Waals surface area contributed by atoms with Crippen molar-refractivity contribution in [2.24, 2.45) is 5.73 Å². The highest BCUT2D eigenvalue weighted by Gasteiger charge is 2.09. The van der Waals surface area contributed by atoms with Crippen LogP contribution in [-0.2, 0) is 0 Å². The highest BCUT2D eigenvalue weighted by atomic mass is 35.5. The van der Waals surface area contributed by atoms with E-state index in [4.69, 9.17) is 17.3 Å². The van der Waals surface area contributed by atoms with Crippen molar-refractivity contribution in [2.45, 2.75) is 12.5 Å². The summed E-state index contributed by atoms with van der Waals surface area (Å²) in [5.41, 5.74) is 6.53. The number of phenols is 1. The van der Waals surface area contributed by atoms with Gasteiger partial charge in [-0.2, -0.15) is 11.8 Å². The molecule has 0 unspecified atom stereocenters. The van der Waals surface area contributed by atoms with Crippen molar-refractivity contribution in [2.75, 3.05) is 23.9 Å². The number of hydrogen-bond acceptors (Lipinski definition) is 6. The Hall–Kier alpha value is -1.50. The number of nitrogens with one attached hydrogen (secondary N) is 1. The van der Waals surface area contributed by atoms with Crippen molar-refractivity contribution < 1.29 is 5.11 Å². The molecular weight excluding hydrogens is 320 g/mol. The van der Waals surface area contributed by atoms with Crippen molar-refractivity contribution in [3.8, 4) is 17.1 Å². The van der Waals surface area contributed by atoms with E-state index in [1.807, 2.05) is 0 Å². The van der Waals surface area contributed by atoms with E-state index in [1.54, 1.807) is 36.2 Å². The molecule has 118 valence electrons. The third-order valence-corrected chi connectivity index (χ3v) is 3.97. The van der Waals surface area contributed by atoms with E-state index >= 15 is 0 Å². The summed E-state index contributed by atoms with van der Waals surface area (Å²) in [6.07, 6.45) is 4.65. The number of hydrogen-bond donors (Lipinski definition) is 3. The van der Waals surface area contributed by atoms with E-state index < -0.39 is 0 Å². The molecule has 0 aliphatic heterocycles. The van der Waals surface area contributed by atoms with Gasteiger partial charge in [0.05, 0.1) is 5.56 Å². The van der Waals surface area contributed by atoms with Crippen LogP contribution in [0.4, 0.5) is 5.82 Å². The van der Waals surface area contributed by atoms with Gasteiger partial charge in [0.15, 0.2) is 5.82 Å². The van der Waals surface area contributed by atoms with Crippen LogP contribution in [0.15, 0.2) is 30.5 Å². The van der Waals surface area contributed by atoms with E-state index in [-0.39, 0.29) is 11.8 Å². The Bertz CT molecular complexity index is 626. The first-order valence-corrected chi connectivity index (χ1v) is 8.67. The molecule has 22 heavy (non-hydrogen) atoms. The monoisotopic (exact) mass is 338 g/mol. The summed E-state index contributed by atoms with van der Waals surface area (Å²) in [6, 6.07) is 6.63. The van der Waals surface area contributed by atoms with Gasteiger partial charge in [-0.15, -0.1) is 0 Å². The van der Waals surface area contributed by atoms with Crippen molar-refractivity contribution in [1.29, 1.82) is 0 Å². The van der Waals surface area contributed by atoms with Crippen LogP contribution in [0.5, 0.6) is 5.75 Å². The molecule has 0 aliphatic carbocycles. The molecule has 0 radical (unpaired) electrons. The Labute approximate surface area is 139 Å². The van der Waals surface area contributed by atoms with Crippen LogP contribution in [-0.4, -0.2) is 39.7 Å². The lowest BCUT2D eigenvalue weighted by Crippen LogP contribution is -2.29. The smallest absolute Gasteiger partial charge is 0.165 e. The number of benzene rings is 1. The number of aromatic hydroxyl groups is 1. The number of phenolic OH excluding ortho intramolecular Hbond substituents is 1. The molecule has 0 spiro atoms. The molecule has 2 aromatic rings. The second-order valence-corrected chi connectivity index (χ2v) is 6.27. The standard InChI is InChI=1S/C15H19ClN4OS/c1-22-7-5-11(17)9-19-14-4-6-18-15(20-14)12-8-10(16)2-3-13(12)21/h2-4,6,8,11,21H,5,7,9,17H2,1H3,(H,18,19,20)/t11-/m1/s1.